The zero-order valence-corrected chi connectivity index (χ0v) is 10.1. The molecule has 0 bridgehead atoms. The molecule has 1 aromatic rings. The molecule has 90 valence electrons. The summed E-state index contributed by atoms with van der Waals surface area (Å²) < 4.78 is 0. The van der Waals surface area contributed by atoms with Gasteiger partial charge in [0.25, 0.3) is 0 Å². The average molecular weight is 224 g/mol. The molecule has 1 atom stereocenters. The Morgan fingerprint density at radius 1 is 1.56 bits per heavy atom. The van der Waals surface area contributed by atoms with E-state index in [4.69, 9.17) is 5.73 Å². The second kappa shape index (κ2) is 5.65. The monoisotopic (exact) mass is 224 g/mol. The Morgan fingerprint density at radius 2 is 2.25 bits per heavy atom. The first-order valence-electron chi connectivity index (χ1n) is 5.56. The third-order valence-electron chi connectivity index (χ3n) is 2.66. The Hall–Kier alpha value is -1.36. The molecule has 0 spiro atoms. The molecule has 0 saturated carbocycles. The lowest BCUT2D eigenvalue weighted by Gasteiger charge is -2.08. The van der Waals surface area contributed by atoms with Crippen molar-refractivity contribution in [3.8, 4) is 0 Å². The lowest BCUT2D eigenvalue weighted by atomic mass is 10.1. The van der Waals surface area contributed by atoms with Crippen LogP contribution >= 0.6 is 0 Å². The number of amides is 1. The fourth-order valence-corrected chi connectivity index (χ4v) is 1.43. The number of nitrogens with zero attached hydrogens (tertiary/aromatic N) is 1. The van der Waals surface area contributed by atoms with E-state index in [2.05, 4.69) is 15.5 Å². The van der Waals surface area contributed by atoms with Crippen LogP contribution in [0.1, 0.15) is 31.2 Å². The van der Waals surface area contributed by atoms with Crippen molar-refractivity contribution in [3.63, 3.8) is 0 Å². The fourth-order valence-electron chi connectivity index (χ4n) is 1.43. The maximum absolute atomic E-state index is 11.6. The first-order valence-corrected chi connectivity index (χ1v) is 5.56. The van der Waals surface area contributed by atoms with Gasteiger partial charge in [-0.1, -0.05) is 6.92 Å². The van der Waals surface area contributed by atoms with Gasteiger partial charge in [0, 0.05) is 6.42 Å². The summed E-state index contributed by atoms with van der Waals surface area (Å²) in [4.78, 5) is 11.6. The number of H-pyrrole nitrogens is 1. The number of aromatic amines is 1. The summed E-state index contributed by atoms with van der Waals surface area (Å²) in [5.74, 6) is 0.408. The minimum atomic E-state index is 0.0212. The maximum atomic E-state index is 11.6. The molecule has 0 fully saturated rings. The van der Waals surface area contributed by atoms with Crippen LogP contribution in [0.15, 0.2) is 0 Å². The molecule has 0 radical (unpaired) electrons. The van der Waals surface area contributed by atoms with Crippen molar-refractivity contribution in [2.45, 2.75) is 33.6 Å². The lowest BCUT2D eigenvalue weighted by Crippen LogP contribution is -2.16. The quantitative estimate of drug-likeness (QED) is 0.705. The van der Waals surface area contributed by atoms with Crippen molar-refractivity contribution in [1.82, 2.24) is 10.2 Å². The maximum Gasteiger partial charge on any atom is 0.224 e. The van der Waals surface area contributed by atoms with Crippen LogP contribution in [0.5, 0.6) is 0 Å². The summed E-state index contributed by atoms with van der Waals surface area (Å²) in [7, 11) is 0. The molecule has 0 saturated heterocycles. The number of hydrogen-bond donors (Lipinski definition) is 3. The summed E-state index contributed by atoms with van der Waals surface area (Å²) in [5, 5.41) is 9.72. The highest BCUT2D eigenvalue weighted by molar-refractivity contribution is 5.91. The summed E-state index contributed by atoms with van der Waals surface area (Å²) in [5.41, 5.74) is 8.00. The predicted octanol–water partition coefficient (Wildman–Crippen LogP) is 1.34. The molecule has 0 aromatic carbocycles. The number of carbonyl (C=O) groups is 1. The van der Waals surface area contributed by atoms with Gasteiger partial charge in [-0.15, -0.1) is 0 Å². The molecule has 1 aromatic heterocycles. The normalized spacial score (nSPS) is 12.5. The topological polar surface area (TPSA) is 83.8 Å². The van der Waals surface area contributed by atoms with Crippen LogP contribution in [-0.2, 0) is 4.79 Å². The Morgan fingerprint density at radius 3 is 2.75 bits per heavy atom. The Kier molecular flexibility index (Phi) is 4.49. The Balaban J connectivity index is 2.46. The van der Waals surface area contributed by atoms with Gasteiger partial charge in [-0.2, -0.15) is 5.10 Å². The van der Waals surface area contributed by atoms with Crippen LogP contribution in [0.25, 0.3) is 0 Å². The van der Waals surface area contributed by atoms with Crippen molar-refractivity contribution in [2.75, 3.05) is 11.9 Å². The first-order chi connectivity index (χ1) is 7.54. The molecule has 16 heavy (non-hydrogen) atoms. The van der Waals surface area contributed by atoms with Gasteiger partial charge >= 0.3 is 0 Å². The van der Waals surface area contributed by atoms with Crippen LogP contribution < -0.4 is 11.1 Å². The molecule has 1 heterocycles. The van der Waals surface area contributed by atoms with Crippen molar-refractivity contribution in [3.05, 3.63) is 11.4 Å². The number of anilines is 1. The minimum absolute atomic E-state index is 0.0212. The van der Waals surface area contributed by atoms with E-state index >= 15 is 0 Å². The Labute approximate surface area is 95.8 Å². The molecule has 5 heteroatoms. The van der Waals surface area contributed by atoms with E-state index in [9.17, 15) is 4.79 Å². The Bertz CT molecular complexity index is 339. The van der Waals surface area contributed by atoms with E-state index in [1.807, 2.05) is 20.8 Å². The van der Waals surface area contributed by atoms with Gasteiger partial charge in [-0.25, -0.2) is 0 Å². The van der Waals surface area contributed by atoms with Crippen LogP contribution in [0.3, 0.4) is 0 Å². The second-order valence-corrected chi connectivity index (χ2v) is 4.24. The largest absolute Gasteiger partial charge is 0.330 e. The van der Waals surface area contributed by atoms with Crippen molar-refractivity contribution < 1.29 is 4.79 Å². The van der Waals surface area contributed by atoms with Crippen LogP contribution in [-0.4, -0.2) is 22.6 Å². The predicted molar refractivity (Wildman–Crippen MR) is 64.1 cm³/mol. The zero-order chi connectivity index (χ0) is 12.1. The molecule has 1 rings (SSSR count). The summed E-state index contributed by atoms with van der Waals surface area (Å²) in [6.45, 7) is 6.42. The third-order valence-corrected chi connectivity index (χ3v) is 2.66. The van der Waals surface area contributed by atoms with E-state index in [0.717, 1.165) is 23.5 Å². The number of nitrogens with two attached hydrogens (primary N) is 1. The summed E-state index contributed by atoms with van der Waals surface area (Å²) >= 11 is 0. The molecule has 5 nitrogen and oxygen atoms in total. The van der Waals surface area contributed by atoms with E-state index in [1.165, 1.54) is 0 Å². The van der Waals surface area contributed by atoms with Crippen molar-refractivity contribution in [2.24, 2.45) is 11.7 Å². The number of carbonyl (C=O) groups excluding carboxylic acids is 1. The number of aromatic nitrogens is 2. The number of rotatable bonds is 5. The van der Waals surface area contributed by atoms with Gasteiger partial charge < -0.3 is 11.1 Å². The zero-order valence-electron chi connectivity index (χ0n) is 10.1. The molecule has 0 aliphatic carbocycles. The summed E-state index contributed by atoms with van der Waals surface area (Å²) in [6, 6.07) is 0. The molecule has 0 aliphatic heterocycles. The molecular formula is C11H20N4O. The van der Waals surface area contributed by atoms with Gasteiger partial charge in [0.2, 0.25) is 5.91 Å². The van der Waals surface area contributed by atoms with Gasteiger partial charge in [0.05, 0.1) is 17.1 Å². The molecule has 1 unspecified atom stereocenters. The number of aryl methyl sites for hydroxylation is 2. The molecule has 4 N–H and O–H groups in total. The minimum Gasteiger partial charge on any atom is -0.330 e. The lowest BCUT2D eigenvalue weighted by molar-refractivity contribution is -0.116. The first kappa shape index (κ1) is 12.7. The highest BCUT2D eigenvalue weighted by Gasteiger charge is 2.10. The number of nitrogens with one attached hydrogen (secondary N) is 2. The standard InChI is InChI=1S/C11H20N4O/c1-7(6-12)4-5-10(16)13-11-8(2)14-15-9(11)3/h7H,4-6,12H2,1-3H3,(H,13,16)(H,14,15). The highest BCUT2D eigenvalue weighted by atomic mass is 16.1. The van der Waals surface area contributed by atoms with Gasteiger partial charge in [0.1, 0.15) is 0 Å². The van der Waals surface area contributed by atoms with Crippen LogP contribution in [0.4, 0.5) is 5.69 Å². The average Bonchev–Trinajstić information content (AvgIpc) is 2.57. The highest BCUT2D eigenvalue weighted by Crippen LogP contribution is 2.16. The third kappa shape index (κ3) is 3.34. The molecule has 1 amide bonds. The van der Waals surface area contributed by atoms with E-state index in [0.29, 0.717) is 18.9 Å². The van der Waals surface area contributed by atoms with E-state index in [-0.39, 0.29) is 5.91 Å². The SMILES string of the molecule is Cc1n[nH]c(C)c1NC(=O)CCC(C)CN. The molecular weight excluding hydrogens is 204 g/mol. The van der Waals surface area contributed by atoms with Crippen molar-refractivity contribution in [1.29, 1.82) is 0 Å². The smallest absolute Gasteiger partial charge is 0.224 e. The fraction of sp³-hybridized carbons (Fsp3) is 0.636. The summed E-state index contributed by atoms with van der Waals surface area (Å²) in [6.07, 6.45) is 1.32. The van der Waals surface area contributed by atoms with E-state index < -0.39 is 0 Å². The van der Waals surface area contributed by atoms with Crippen molar-refractivity contribution >= 4 is 11.6 Å². The van der Waals surface area contributed by atoms with E-state index in [1.54, 1.807) is 0 Å². The van der Waals surface area contributed by atoms with Gasteiger partial charge in [0.15, 0.2) is 0 Å². The van der Waals surface area contributed by atoms with Gasteiger partial charge in [-0.05, 0) is 32.7 Å². The second-order valence-electron chi connectivity index (χ2n) is 4.24. The number of hydrogen-bond acceptors (Lipinski definition) is 3. The van der Waals surface area contributed by atoms with Crippen LogP contribution in [0.2, 0.25) is 0 Å². The van der Waals surface area contributed by atoms with Gasteiger partial charge in [-0.3, -0.25) is 9.89 Å². The van der Waals surface area contributed by atoms with Crippen LogP contribution in [0, 0.1) is 19.8 Å². The molecule has 0 aliphatic rings.